The van der Waals surface area contributed by atoms with Crippen molar-refractivity contribution < 1.29 is 0 Å². The Morgan fingerprint density at radius 3 is 2.73 bits per heavy atom. The van der Waals surface area contributed by atoms with Crippen molar-refractivity contribution in [3.63, 3.8) is 0 Å². The van der Waals surface area contributed by atoms with Gasteiger partial charge in [-0.15, -0.1) is 0 Å². The van der Waals surface area contributed by atoms with E-state index in [1.807, 2.05) is 20.0 Å². The van der Waals surface area contributed by atoms with Crippen LogP contribution in [-0.2, 0) is 7.05 Å². The predicted molar refractivity (Wildman–Crippen MR) is 63.0 cm³/mol. The molecule has 0 aliphatic carbocycles. The zero-order valence-electron chi connectivity index (χ0n) is 8.86. The molecule has 0 aliphatic heterocycles. The van der Waals surface area contributed by atoms with Crippen molar-refractivity contribution in [3.05, 3.63) is 36.2 Å². The maximum atomic E-state index is 6.05. The minimum Gasteiger partial charge on any atom is -0.383 e. The molecular weight excluding hydrogens is 186 g/mol. The molecule has 0 saturated carbocycles. The molecule has 3 aromatic rings. The number of rotatable bonds is 0. The van der Waals surface area contributed by atoms with Crippen molar-refractivity contribution in [3.8, 4) is 0 Å². The van der Waals surface area contributed by atoms with Gasteiger partial charge in [-0.1, -0.05) is 24.3 Å². The summed E-state index contributed by atoms with van der Waals surface area (Å²) in [7, 11) is 2.05. The van der Waals surface area contributed by atoms with Crippen LogP contribution in [0.25, 0.3) is 16.4 Å². The van der Waals surface area contributed by atoms with Gasteiger partial charge in [0.15, 0.2) is 0 Å². The number of nitrogens with zero attached hydrogens (tertiary/aromatic N) is 2. The SMILES string of the molecule is Cc1c(N)n2cc3ccccc3c2n1C. The summed E-state index contributed by atoms with van der Waals surface area (Å²) >= 11 is 0. The molecular formula is C12H13N3. The van der Waals surface area contributed by atoms with Crippen molar-refractivity contribution >= 4 is 22.2 Å². The van der Waals surface area contributed by atoms with Crippen molar-refractivity contribution in [1.82, 2.24) is 8.97 Å². The number of anilines is 1. The quantitative estimate of drug-likeness (QED) is 0.592. The molecule has 0 unspecified atom stereocenters. The lowest BCUT2D eigenvalue weighted by Gasteiger charge is -1.96. The average molecular weight is 199 g/mol. The van der Waals surface area contributed by atoms with Gasteiger partial charge in [0.2, 0.25) is 0 Å². The van der Waals surface area contributed by atoms with Gasteiger partial charge in [-0.3, -0.25) is 4.40 Å². The van der Waals surface area contributed by atoms with Crippen molar-refractivity contribution in [2.45, 2.75) is 6.92 Å². The molecule has 2 N–H and O–H groups in total. The minimum atomic E-state index is 0.823. The lowest BCUT2D eigenvalue weighted by Crippen LogP contribution is -1.93. The highest BCUT2D eigenvalue weighted by Gasteiger charge is 2.12. The van der Waals surface area contributed by atoms with E-state index in [-0.39, 0.29) is 0 Å². The number of imidazole rings is 1. The van der Waals surface area contributed by atoms with E-state index in [4.69, 9.17) is 5.73 Å². The Morgan fingerprint density at radius 1 is 1.20 bits per heavy atom. The minimum absolute atomic E-state index is 0.823. The molecule has 0 radical (unpaired) electrons. The number of hydrogen-bond acceptors (Lipinski definition) is 1. The summed E-state index contributed by atoms with van der Waals surface area (Å²) in [6.07, 6.45) is 2.09. The maximum Gasteiger partial charge on any atom is 0.128 e. The fraction of sp³-hybridized carbons (Fsp3) is 0.167. The number of benzene rings is 1. The van der Waals surface area contributed by atoms with Crippen LogP contribution in [0.4, 0.5) is 5.82 Å². The number of aryl methyl sites for hydroxylation is 1. The molecule has 2 heterocycles. The number of hydrogen-bond donors (Lipinski definition) is 1. The van der Waals surface area contributed by atoms with Gasteiger partial charge in [-0.25, -0.2) is 0 Å². The van der Waals surface area contributed by atoms with E-state index in [1.165, 1.54) is 16.4 Å². The Bertz CT molecular complexity index is 658. The summed E-state index contributed by atoms with van der Waals surface area (Å²) in [4.78, 5) is 0. The van der Waals surface area contributed by atoms with E-state index < -0.39 is 0 Å². The van der Waals surface area contributed by atoms with Crippen LogP contribution in [-0.4, -0.2) is 8.97 Å². The molecule has 3 nitrogen and oxygen atoms in total. The largest absolute Gasteiger partial charge is 0.383 e. The molecule has 3 heteroatoms. The summed E-state index contributed by atoms with van der Waals surface area (Å²) in [5, 5.41) is 2.48. The molecule has 2 aromatic heterocycles. The molecule has 15 heavy (non-hydrogen) atoms. The standard InChI is InChI=1S/C12H13N3/c1-8-11(13)15-7-9-5-3-4-6-10(9)12(15)14(8)2/h3-7H,13H2,1-2H3. The van der Waals surface area contributed by atoms with Gasteiger partial charge in [0.1, 0.15) is 11.5 Å². The fourth-order valence-corrected chi connectivity index (χ4v) is 2.17. The first-order chi connectivity index (χ1) is 7.20. The third kappa shape index (κ3) is 0.897. The van der Waals surface area contributed by atoms with Gasteiger partial charge in [0.05, 0.1) is 5.69 Å². The van der Waals surface area contributed by atoms with E-state index >= 15 is 0 Å². The first-order valence-electron chi connectivity index (χ1n) is 5.00. The molecule has 76 valence electrons. The van der Waals surface area contributed by atoms with Crippen molar-refractivity contribution in [2.75, 3.05) is 5.73 Å². The highest BCUT2D eigenvalue weighted by molar-refractivity contribution is 5.97. The van der Waals surface area contributed by atoms with Gasteiger partial charge < -0.3 is 10.3 Å². The van der Waals surface area contributed by atoms with E-state index in [0.717, 1.165) is 11.5 Å². The summed E-state index contributed by atoms with van der Waals surface area (Å²) < 4.78 is 4.19. The van der Waals surface area contributed by atoms with Gasteiger partial charge in [-0.05, 0) is 6.92 Å². The van der Waals surface area contributed by atoms with Crippen LogP contribution in [0.1, 0.15) is 5.69 Å². The summed E-state index contributed by atoms with van der Waals surface area (Å²) in [6.45, 7) is 2.04. The Hall–Kier alpha value is -1.90. The number of fused-ring (bicyclic) bond motifs is 3. The second-order valence-electron chi connectivity index (χ2n) is 3.94. The Balaban J connectivity index is 2.65. The molecule has 0 amide bonds. The van der Waals surface area contributed by atoms with E-state index in [2.05, 4.69) is 33.4 Å². The van der Waals surface area contributed by atoms with Gasteiger partial charge in [-0.2, -0.15) is 0 Å². The zero-order chi connectivity index (χ0) is 10.6. The Labute approximate surface area is 87.7 Å². The summed E-state index contributed by atoms with van der Waals surface area (Å²) in [5.74, 6) is 0.823. The lowest BCUT2D eigenvalue weighted by atomic mass is 10.2. The van der Waals surface area contributed by atoms with Crippen LogP contribution >= 0.6 is 0 Å². The van der Waals surface area contributed by atoms with E-state index in [1.54, 1.807) is 0 Å². The highest BCUT2D eigenvalue weighted by atomic mass is 15.2. The normalized spacial score (nSPS) is 11.6. The van der Waals surface area contributed by atoms with Gasteiger partial charge in [0, 0.05) is 24.0 Å². The second kappa shape index (κ2) is 2.57. The van der Waals surface area contributed by atoms with Crippen LogP contribution in [0, 0.1) is 6.92 Å². The highest BCUT2D eigenvalue weighted by Crippen LogP contribution is 2.27. The third-order valence-corrected chi connectivity index (χ3v) is 3.15. The van der Waals surface area contributed by atoms with E-state index in [9.17, 15) is 0 Å². The van der Waals surface area contributed by atoms with Crippen LogP contribution in [0.15, 0.2) is 30.5 Å². The molecule has 0 bridgehead atoms. The molecule has 0 saturated heterocycles. The first-order valence-corrected chi connectivity index (χ1v) is 5.00. The summed E-state index contributed by atoms with van der Waals surface area (Å²) in [5.41, 5.74) is 8.32. The molecule has 1 aromatic carbocycles. The van der Waals surface area contributed by atoms with Crippen LogP contribution in [0.3, 0.4) is 0 Å². The Morgan fingerprint density at radius 2 is 1.93 bits per heavy atom. The molecule has 3 rings (SSSR count). The monoisotopic (exact) mass is 199 g/mol. The third-order valence-electron chi connectivity index (χ3n) is 3.15. The molecule has 0 fully saturated rings. The maximum absolute atomic E-state index is 6.05. The second-order valence-corrected chi connectivity index (χ2v) is 3.94. The average Bonchev–Trinajstić information content (AvgIpc) is 2.72. The van der Waals surface area contributed by atoms with Gasteiger partial charge in [0.25, 0.3) is 0 Å². The van der Waals surface area contributed by atoms with E-state index in [0.29, 0.717) is 0 Å². The first kappa shape index (κ1) is 8.41. The number of nitrogen functional groups attached to an aromatic ring is 1. The van der Waals surface area contributed by atoms with Crippen LogP contribution < -0.4 is 5.73 Å². The molecule has 0 spiro atoms. The zero-order valence-corrected chi connectivity index (χ0v) is 8.86. The topological polar surface area (TPSA) is 35.4 Å². The summed E-state index contributed by atoms with van der Waals surface area (Å²) in [6, 6.07) is 8.34. The van der Waals surface area contributed by atoms with Crippen LogP contribution in [0.2, 0.25) is 0 Å². The van der Waals surface area contributed by atoms with Crippen molar-refractivity contribution in [1.29, 1.82) is 0 Å². The fourth-order valence-electron chi connectivity index (χ4n) is 2.17. The van der Waals surface area contributed by atoms with Crippen LogP contribution in [0.5, 0.6) is 0 Å². The molecule has 0 aliphatic rings. The molecule has 0 atom stereocenters. The smallest absolute Gasteiger partial charge is 0.128 e. The Kier molecular flexibility index (Phi) is 1.44. The number of nitrogens with two attached hydrogens (primary N) is 1. The van der Waals surface area contributed by atoms with Gasteiger partial charge >= 0.3 is 0 Å². The van der Waals surface area contributed by atoms with Crippen molar-refractivity contribution in [2.24, 2.45) is 7.05 Å². The number of aromatic nitrogens is 2. The lowest BCUT2D eigenvalue weighted by molar-refractivity contribution is 0.918. The predicted octanol–water partition coefficient (Wildman–Crippen LogP) is 2.32.